The average molecular weight is 507 g/mol. The molecule has 2 heterocycles. The van der Waals surface area contributed by atoms with E-state index in [4.69, 9.17) is 0 Å². The van der Waals surface area contributed by atoms with Crippen molar-refractivity contribution >= 4 is 27.2 Å². The monoisotopic (exact) mass is 506 g/mol. The third kappa shape index (κ3) is 5.08. The first-order chi connectivity index (χ1) is 16.4. The van der Waals surface area contributed by atoms with Gasteiger partial charge in [0.1, 0.15) is 0 Å². The van der Waals surface area contributed by atoms with Crippen LogP contribution in [0.15, 0.2) is 29.2 Å². The van der Waals surface area contributed by atoms with E-state index >= 15 is 0 Å². The van der Waals surface area contributed by atoms with E-state index in [0.717, 1.165) is 37.9 Å². The summed E-state index contributed by atoms with van der Waals surface area (Å²) in [7, 11) is -3.43. The van der Waals surface area contributed by atoms with Crippen LogP contribution in [-0.2, 0) is 9.84 Å². The SMILES string of the molecule is Cc1cc(NC(=O)c2ccc(S(C)(=O)=O)cc2N2CCC3(CC2)CC3)nn1C1CCC(F)(F)CC1. The summed E-state index contributed by atoms with van der Waals surface area (Å²) in [4.78, 5) is 15.6. The Kier molecular flexibility index (Phi) is 5.93. The molecule has 0 atom stereocenters. The Labute approximate surface area is 204 Å². The molecule has 3 fully saturated rings. The summed E-state index contributed by atoms with van der Waals surface area (Å²) in [5, 5.41) is 7.35. The van der Waals surface area contributed by atoms with Crippen LogP contribution in [0.25, 0.3) is 0 Å². The number of nitrogens with one attached hydrogen (secondary N) is 1. The number of benzene rings is 1. The van der Waals surface area contributed by atoms with Crippen LogP contribution in [0.4, 0.5) is 20.3 Å². The lowest BCUT2D eigenvalue weighted by molar-refractivity contribution is -0.0451. The van der Waals surface area contributed by atoms with Crippen molar-refractivity contribution in [2.45, 2.75) is 75.2 Å². The van der Waals surface area contributed by atoms with Gasteiger partial charge < -0.3 is 10.2 Å². The summed E-state index contributed by atoms with van der Waals surface area (Å²) in [5.41, 5.74) is 2.26. The smallest absolute Gasteiger partial charge is 0.258 e. The van der Waals surface area contributed by atoms with E-state index in [-0.39, 0.29) is 29.7 Å². The minimum atomic E-state index is -3.43. The number of nitrogens with zero attached hydrogens (tertiary/aromatic N) is 3. The highest BCUT2D eigenvalue weighted by molar-refractivity contribution is 7.90. The van der Waals surface area contributed by atoms with Crippen molar-refractivity contribution in [3.63, 3.8) is 0 Å². The Hall–Kier alpha value is -2.49. The molecule has 10 heteroatoms. The second kappa shape index (κ2) is 8.57. The van der Waals surface area contributed by atoms with E-state index < -0.39 is 15.8 Å². The molecule has 1 amide bonds. The Morgan fingerprint density at radius 3 is 2.31 bits per heavy atom. The van der Waals surface area contributed by atoms with Gasteiger partial charge in [0.15, 0.2) is 15.7 Å². The van der Waals surface area contributed by atoms with Gasteiger partial charge in [-0.2, -0.15) is 5.10 Å². The molecule has 1 saturated heterocycles. The van der Waals surface area contributed by atoms with Crippen LogP contribution in [0, 0.1) is 12.3 Å². The molecule has 0 radical (unpaired) electrons. The Balaban J connectivity index is 1.37. The number of carbonyl (C=O) groups excluding carboxylic acids is 1. The summed E-state index contributed by atoms with van der Waals surface area (Å²) in [6.07, 6.45) is 6.11. The van der Waals surface area contributed by atoms with E-state index in [1.165, 1.54) is 18.9 Å². The molecule has 1 N–H and O–H groups in total. The first-order valence-corrected chi connectivity index (χ1v) is 14.2. The number of aryl methyl sites for hydroxylation is 1. The number of sulfone groups is 1. The summed E-state index contributed by atoms with van der Waals surface area (Å²) in [6.45, 7) is 3.42. The van der Waals surface area contributed by atoms with Crippen LogP contribution in [0.5, 0.6) is 0 Å². The van der Waals surface area contributed by atoms with Crippen LogP contribution >= 0.6 is 0 Å². The number of anilines is 2. The fraction of sp³-hybridized carbons (Fsp3) is 0.600. The Bertz CT molecular complexity index is 1230. The maximum atomic E-state index is 13.6. The van der Waals surface area contributed by atoms with E-state index in [1.807, 2.05) is 6.92 Å². The van der Waals surface area contributed by atoms with Gasteiger partial charge in [-0.25, -0.2) is 17.2 Å². The molecule has 1 aromatic heterocycles. The van der Waals surface area contributed by atoms with Gasteiger partial charge in [-0.05, 0) is 69.1 Å². The van der Waals surface area contributed by atoms with Crippen molar-refractivity contribution in [3.05, 3.63) is 35.5 Å². The van der Waals surface area contributed by atoms with Gasteiger partial charge in [0, 0.05) is 43.9 Å². The van der Waals surface area contributed by atoms with Crippen molar-refractivity contribution in [1.82, 2.24) is 9.78 Å². The minimum Gasteiger partial charge on any atom is -0.371 e. The molecule has 1 aromatic carbocycles. The molecular formula is C25H32F2N4O3S. The van der Waals surface area contributed by atoms with Gasteiger partial charge in [-0.1, -0.05) is 0 Å². The number of alkyl halides is 2. The predicted molar refractivity (Wildman–Crippen MR) is 130 cm³/mol. The first kappa shape index (κ1) is 24.2. The quantitative estimate of drug-likeness (QED) is 0.619. The topological polar surface area (TPSA) is 84.3 Å². The zero-order chi connectivity index (χ0) is 25.0. The largest absolute Gasteiger partial charge is 0.371 e. The minimum absolute atomic E-state index is 0.118. The standard InChI is InChI=1S/C25H32F2N4O3S/c1-17-15-22(29-31(17)18-5-7-25(26,27)8-6-18)28-23(32)20-4-3-19(35(2,33)34)16-21(20)30-13-11-24(9-10-24)12-14-30/h3-4,15-16,18H,5-14H2,1-2H3,(H,28,29,32). The summed E-state index contributed by atoms with van der Waals surface area (Å²) in [6, 6.07) is 6.25. The van der Waals surface area contributed by atoms with Crippen LogP contribution in [0.1, 0.15) is 73.5 Å². The number of hydrogen-bond acceptors (Lipinski definition) is 5. The van der Waals surface area contributed by atoms with E-state index in [1.54, 1.807) is 22.9 Å². The fourth-order valence-electron chi connectivity index (χ4n) is 5.47. The zero-order valence-electron chi connectivity index (χ0n) is 20.2. The molecule has 190 valence electrons. The molecule has 5 rings (SSSR count). The fourth-order valence-corrected chi connectivity index (χ4v) is 6.11. The maximum absolute atomic E-state index is 13.6. The second-order valence-electron chi connectivity index (χ2n) is 10.6. The van der Waals surface area contributed by atoms with Crippen molar-refractivity contribution in [3.8, 4) is 0 Å². The van der Waals surface area contributed by atoms with Gasteiger partial charge in [-0.15, -0.1) is 0 Å². The van der Waals surface area contributed by atoms with Gasteiger partial charge in [0.05, 0.1) is 22.2 Å². The molecule has 2 aliphatic carbocycles. The molecule has 0 bridgehead atoms. The summed E-state index contributed by atoms with van der Waals surface area (Å²) in [5.74, 6) is -2.62. The maximum Gasteiger partial charge on any atom is 0.258 e. The number of piperidine rings is 1. The molecule has 2 aromatic rings. The van der Waals surface area contributed by atoms with Gasteiger partial charge in [0.25, 0.3) is 5.91 Å². The van der Waals surface area contributed by atoms with E-state index in [2.05, 4.69) is 15.3 Å². The molecule has 1 spiro atoms. The zero-order valence-corrected chi connectivity index (χ0v) is 21.0. The molecule has 1 aliphatic heterocycles. The number of carbonyl (C=O) groups is 1. The molecular weight excluding hydrogens is 474 g/mol. The summed E-state index contributed by atoms with van der Waals surface area (Å²) >= 11 is 0. The van der Waals surface area contributed by atoms with Crippen LogP contribution in [-0.4, -0.2) is 49.4 Å². The number of aromatic nitrogens is 2. The van der Waals surface area contributed by atoms with Crippen molar-refractivity contribution in [2.75, 3.05) is 29.6 Å². The van der Waals surface area contributed by atoms with E-state index in [0.29, 0.717) is 35.3 Å². The van der Waals surface area contributed by atoms with Crippen LogP contribution in [0.3, 0.4) is 0 Å². The lowest BCUT2D eigenvalue weighted by Gasteiger charge is -2.35. The third-order valence-corrected chi connectivity index (χ3v) is 9.07. The molecule has 7 nitrogen and oxygen atoms in total. The normalized spacial score (nSPS) is 21.8. The Morgan fingerprint density at radius 1 is 1.06 bits per heavy atom. The number of amides is 1. The first-order valence-electron chi connectivity index (χ1n) is 12.3. The van der Waals surface area contributed by atoms with Crippen LogP contribution < -0.4 is 10.2 Å². The van der Waals surface area contributed by atoms with E-state index in [9.17, 15) is 22.0 Å². The predicted octanol–water partition coefficient (Wildman–Crippen LogP) is 4.98. The van der Waals surface area contributed by atoms with Crippen LogP contribution in [0.2, 0.25) is 0 Å². The highest BCUT2D eigenvalue weighted by Crippen LogP contribution is 2.54. The molecule has 35 heavy (non-hydrogen) atoms. The molecule has 0 unspecified atom stereocenters. The number of hydrogen-bond donors (Lipinski definition) is 1. The summed E-state index contributed by atoms with van der Waals surface area (Å²) < 4.78 is 53.3. The van der Waals surface area contributed by atoms with Gasteiger partial charge in [0.2, 0.25) is 5.92 Å². The molecule has 3 aliphatic rings. The van der Waals surface area contributed by atoms with Crippen molar-refractivity contribution in [1.29, 1.82) is 0 Å². The Morgan fingerprint density at radius 2 is 1.71 bits per heavy atom. The second-order valence-corrected chi connectivity index (χ2v) is 12.6. The van der Waals surface area contributed by atoms with Crippen molar-refractivity contribution in [2.24, 2.45) is 5.41 Å². The third-order valence-electron chi connectivity index (χ3n) is 7.96. The highest BCUT2D eigenvalue weighted by atomic mass is 32.2. The number of rotatable bonds is 5. The lowest BCUT2D eigenvalue weighted by atomic mass is 9.92. The molecule has 2 saturated carbocycles. The number of halogens is 2. The van der Waals surface area contributed by atoms with Gasteiger partial charge in [-0.3, -0.25) is 9.48 Å². The van der Waals surface area contributed by atoms with Crippen molar-refractivity contribution < 1.29 is 22.0 Å². The highest BCUT2D eigenvalue weighted by Gasteiger charge is 2.44. The lowest BCUT2D eigenvalue weighted by Crippen LogP contribution is -2.35. The van der Waals surface area contributed by atoms with Gasteiger partial charge >= 0.3 is 0 Å². The average Bonchev–Trinajstić information content (AvgIpc) is 3.45.